The largest absolute Gasteiger partial charge is 0.396 e. The van der Waals surface area contributed by atoms with Crippen molar-refractivity contribution in [3.05, 3.63) is 35.9 Å². The highest BCUT2D eigenvalue weighted by Gasteiger charge is 2.12. The van der Waals surface area contributed by atoms with Crippen LogP contribution in [0.1, 0.15) is 16.8 Å². The van der Waals surface area contributed by atoms with Crippen molar-refractivity contribution in [1.82, 2.24) is 10.6 Å². The van der Waals surface area contributed by atoms with Gasteiger partial charge < -0.3 is 20.5 Å². The van der Waals surface area contributed by atoms with Crippen molar-refractivity contribution >= 4 is 11.8 Å². The molecule has 1 rings (SSSR count). The first-order valence-electron chi connectivity index (χ1n) is 6.39. The topological polar surface area (TPSA) is 87.7 Å². The summed E-state index contributed by atoms with van der Waals surface area (Å²) in [5, 5.41) is 14.1. The zero-order chi connectivity index (χ0) is 14.8. The fraction of sp³-hybridized carbons (Fsp3) is 0.429. The van der Waals surface area contributed by atoms with Crippen LogP contribution in [0.2, 0.25) is 0 Å². The minimum atomic E-state index is -0.315. The van der Waals surface area contributed by atoms with Crippen LogP contribution in [0, 0.1) is 0 Å². The zero-order valence-corrected chi connectivity index (χ0v) is 11.5. The van der Waals surface area contributed by atoms with Gasteiger partial charge in [0.15, 0.2) is 0 Å². The second-order valence-corrected chi connectivity index (χ2v) is 4.28. The summed E-state index contributed by atoms with van der Waals surface area (Å²) in [6.07, 6.45) is 0.409. The van der Waals surface area contributed by atoms with Crippen LogP contribution in [-0.4, -0.2) is 49.8 Å². The molecule has 3 N–H and O–H groups in total. The molecule has 0 saturated carbocycles. The van der Waals surface area contributed by atoms with E-state index in [0.717, 1.165) is 0 Å². The van der Waals surface area contributed by atoms with Gasteiger partial charge in [-0.25, -0.2) is 0 Å². The number of hydrogen-bond acceptors (Lipinski definition) is 4. The Morgan fingerprint density at radius 2 is 2.00 bits per heavy atom. The minimum Gasteiger partial charge on any atom is -0.396 e. The number of carbonyl (C=O) groups excluding carboxylic acids is 2. The molecule has 0 spiro atoms. The number of ether oxygens (including phenoxy) is 1. The Hall–Kier alpha value is -1.92. The van der Waals surface area contributed by atoms with E-state index < -0.39 is 0 Å². The van der Waals surface area contributed by atoms with Crippen LogP contribution < -0.4 is 10.6 Å². The van der Waals surface area contributed by atoms with Crippen molar-refractivity contribution in [1.29, 1.82) is 0 Å². The second-order valence-electron chi connectivity index (χ2n) is 4.28. The van der Waals surface area contributed by atoms with Crippen LogP contribution in [0.15, 0.2) is 30.3 Å². The van der Waals surface area contributed by atoms with Crippen molar-refractivity contribution in [2.24, 2.45) is 0 Å². The third kappa shape index (κ3) is 5.81. The molecule has 0 aliphatic rings. The van der Waals surface area contributed by atoms with Gasteiger partial charge in [-0.3, -0.25) is 9.59 Å². The Bertz CT molecular complexity index is 416. The molecule has 0 aromatic heterocycles. The highest BCUT2D eigenvalue weighted by Crippen LogP contribution is 1.97. The molecule has 2 amide bonds. The van der Waals surface area contributed by atoms with Gasteiger partial charge in [0.2, 0.25) is 5.91 Å². The Balaban J connectivity index is 2.37. The summed E-state index contributed by atoms with van der Waals surface area (Å²) in [4.78, 5) is 23.4. The van der Waals surface area contributed by atoms with E-state index in [0.29, 0.717) is 18.6 Å². The lowest BCUT2D eigenvalue weighted by Gasteiger charge is -2.16. The third-order valence-corrected chi connectivity index (χ3v) is 2.66. The van der Waals surface area contributed by atoms with E-state index in [-0.39, 0.29) is 31.0 Å². The minimum absolute atomic E-state index is 0.0370. The summed E-state index contributed by atoms with van der Waals surface area (Å²) < 4.78 is 4.94. The molecule has 0 aliphatic heterocycles. The number of aliphatic hydroxyl groups is 1. The molecule has 0 radical (unpaired) electrons. The zero-order valence-electron chi connectivity index (χ0n) is 11.5. The first kappa shape index (κ1) is 16.1. The Kier molecular flexibility index (Phi) is 7.31. The van der Waals surface area contributed by atoms with Gasteiger partial charge in [0, 0.05) is 19.3 Å². The summed E-state index contributed by atoms with van der Waals surface area (Å²) in [6, 6.07) is 8.41. The molecule has 0 saturated heterocycles. The van der Waals surface area contributed by atoms with Crippen molar-refractivity contribution < 1.29 is 19.4 Å². The molecule has 0 bridgehead atoms. The average Bonchev–Trinajstić information content (AvgIpc) is 2.46. The highest BCUT2D eigenvalue weighted by atomic mass is 16.5. The maximum Gasteiger partial charge on any atom is 0.251 e. The van der Waals surface area contributed by atoms with Crippen molar-refractivity contribution in [2.75, 3.05) is 26.9 Å². The number of hydrogen-bond donors (Lipinski definition) is 3. The van der Waals surface area contributed by atoms with Crippen molar-refractivity contribution in [3.63, 3.8) is 0 Å². The quantitative estimate of drug-likeness (QED) is 0.622. The predicted molar refractivity (Wildman–Crippen MR) is 74.3 cm³/mol. The number of aliphatic hydroxyl groups excluding tert-OH is 1. The SMILES string of the molecule is COCC(CCO)NC(=O)CNC(=O)c1ccccc1. The Morgan fingerprint density at radius 3 is 2.60 bits per heavy atom. The summed E-state index contributed by atoms with van der Waals surface area (Å²) in [7, 11) is 1.52. The van der Waals surface area contributed by atoms with Crippen LogP contribution >= 0.6 is 0 Å². The Morgan fingerprint density at radius 1 is 1.30 bits per heavy atom. The van der Waals surface area contributed by atoms with E-state index in [1.165, 1.54) is 7.11 Å². The van der Waals surface area contributed by atoms with E-state index in [9.17, 15) is 9.59 Å². The van der Waals surface area contributed by atoms with Gasteiger partial charge in [-0.05, 0) is 18.6 Å². The number of amides is 2. The van der Waals surface area contributed by atoms with E-state index in [2.05, 4.69) is 10.6 Å². The standard InChI is InChI=1S/C14H20N2O4/c1-20-10-12(7-8-17)16-13(18)9-15-14(19)11-5-3-2-4-6-11/h2-6,12,17H,7-10H2,1H3,(H,15,19)(H,16,18). The molecular weight excluding hydrogens is 260 g/mol. The summed E-state index contributed by atoms with van der Waals surface area (Å²) in [6.45, 7) is 0.170. The summed E-state index contributed by atoms with van der Waals surface area (Å²) in [5.74, 6) is -0.615. The number of nitrogens with one attached hydrogen (secondary N) is 2. The van der Waals surface area contributed by atoms with Gasteiger partial charge in [-0.15, -0.1) is 0 Å². The summed E-state index contributed by atoms with van der Waals surface area (Å²) in [5.41, 5.74) is 0.504. The normalized spacial score (nSPS) is 11.7. The van der Waals surface area contributed by atoms with Gasteiger partial charge in [0.25, 0.3) is 5.91 Å². The molecule has 0 heterocycles. The van der Waals surface area contributed by atoms with E-state index in [1.807, 2.05) is 6.07 Å². The van der Waals surface area contributed by atoms with Gasteiger partial charge in [0.05, 0.1) is 19.2 Å². The maximum atomic E-state index is 11.7. The van der Waals surface area contributed by atoms with Crippen LogP contribution in [-0.2, 0) is 9.53 Å². The van der Waals surface area contributed by atoms with Gasteiger partial charge in [-0.1, -0.05) is 18.2 Å². The Labute approximate surface area is 118 Å². The molecule has 0 aliphatic carbocycles. The monoisotopic (exact) mass is 280 g/mol. The van der Waals surface area contributed by atoms with Crippen LogP contribution in [0.25, 0.3) is 0 Å². The molecule has 1 aromatic carbocycles. The van der Waals surface area contributed by atoms with Crippen LogP contribution in [0.3, 0.4) is 0 Å². The molecule has 110 valence electrons. The van der Waals surface area contributed by atoms with E-state index >= 15 is 0 Å². The first-order valence-corrected chi connectivity index (χ1v) is 6.39. The maximum absolute atomic E-state index is 11.7. The van der Waals surface area contributed by atoms with Crippen molar-refractivity contribution in [3.8, 4) is 0 Å². The third-order valence-electron chi connectivity index (χ3n) is 2.66. The molecule has 6 nitrogen and oxygen atoms in total. The first-order chi connectivity index (χ1) is 9.67. The molecule has 1 aromatic rings. The molecule has 1 atom stereocenters. The number of carbonyl (C=O) groups is 2. The molecule has 6 heteroatoms. The van der Waals surface area contributed by atoms with E-state index in [1.54, 1.807) is 24.3 Å². The molecule has 0 fully saturated rings. The van der Waals surface area contributed by atoms with Crippen LogP contribution in [0.4, 0.5) is 0 Å². The van der Waals surface area contributed by atoms with Crippen molar-refractivity contribution in [2.45, 2.75) is 12.5 Å². The van der Waals surface area contributed by atoms with Gasteiger partial charge in [0.1, 0.15) is 0 Å². The molecule has 20 heavy (non-hydrogen) atoms. The lowest BCUT2D eigenvalue weighted by atomic mass is 10.2. The number of rotatable bonds is 8. The molecule has 1 unspecified atom stereocenters. The second kappa shape index (κ2) is 9.06. The number of benzene rings is 1. The highest BCUT2D eigenvalue weighted by molar-refractivity contribution is 5.96. The fourth-order valence-corrected chi connectivity index (χ4v) is 1.69. The fourth-order valence-electron chi connectivity index (χ4n) is 1.69. The lowest BCUT2D eigenvalue weighted by molar-refractivity contribution is -0.121. The number of methoxy groups -OCH3 is 1. The lowest BCUT2D eigenvalue weighted by Crippen LogP contribution is -2.44. The van der Waals surface area contributed by atoms with Crippen LogP contribution in [0.5, 0.6) is 0 Å². The predicted octanol–water partition coefficient (Wildman–Crippen LogP) is -0.0700. The van der Waals surface area contributed by atoms with E-state index in [4.69, 9.17) is 9.84 Å². The average molecular weight is 280 g/mol. The molecular formula is C14H20N2O4. The summed E-state index contributed by atoms with van der Waals surface area (Å²) >= 11 is 0. The van der Waals surface area contributed by atoms with Gasteiger partial charge >= 0.3 is 0 Å². The van der Waals surface area contributed by atoms with Gasteiger partial charge in [-0.2, -0.15) is 0 Å². The smallest absolute Gasteiger partial charge is 0.251 e.